The van der Waals surface area contributed by atoms with E-state index >= 15 is 0 Å². The van der Waals surface area contributed by atoms with Gasteiger partial charge in [0.15, 0.2) is 6.79 Å². The first kappa shape index (κ1) is 21.5. The van der Waals surface area contributed by atoms with Crippen LogP contribution in [0.1, 0.15) is 18.9 Å². The maximum atomic E-state index is 12.8. The van der Waals surface area contributed by atoms with Crippen molar-refractivity contribution >= 4 is 23.2 Å². The number of benzene rings is 1. The summed E-state index contributed by atoms with van der Waals surface area (Å²) in [5.74, 6) is -0.243. The molecule has 0 saturated heterocycles. The molecule has 1 aromatic carbocycles. The summed E-state index contributed by atoms with van der Waals surface area (Å²) in [6.07, 6.45) is 0.745. The Morgan fingerprint density at radius 1 is 1.46 bits per heavy atom. The molecule has 129 valence electrons. The average Bonchev–Trinajstić information content (AvgIpc) is 2.50. The number of halogens is 3. The van der Waals surface area contributed by atoms with Crippen LogP contribution in [0, 0.1) is 12.0 Å². The van der Waals surface area contributed by atoms with Gasteiger partial charge in [-0.2, -0.15) is 0 Å². The fourth-order valence-corrected chi connectivity index (χ4v) is 2.53. The number of amides is 1. The molecule has 0 aliphatic carbocycles. The second kappa shape index (κ2) is 9.80. The number of ether oxygens (including phenoxy) is 2. The van der Waals surface area contributed by atoms with Crippen molar-refractivity contribution in [1.29, 1.82) is 0 Å². The molecule has 1 unspecified atom stereocenters. The van der Waals surface area contributed by atoms with Crippen molar-refractivity contribution in [2.24, 2.45) is 5.92 Å². The summed E-state index contributed by atoms with van der Waals surface area (Å²) >= 11 is 6.22. The summed E-state index contributed by atoms with van der Waals surface area (Å²) in [4.78, 5) is 13.3. The zero-order chi connectivity index (χ0) is 17.0. The zero-order valence-electron chi connectivity index (χ0n) is 13.4. The van der Waals surface area contributed by atoms with Crippen LogP contribution >= 0.6 is 11.6 Å². The summed E-state index contributed by atoms with van der Waals surface area (Å²) < 4.78 is 35.7. The molecule has 1 heterocycles. The van der Waals surface area contributed by atoms with Crippen LogP contribution in [0.5, 0.6) is 5.75 Å². The Balaban J connectivity index is 0.00000288. The first-order valence-corrected chi connectivity index (χ1v) is 7.43. The van der Waals surface area contributed by atoms with Crippen LogP contribution < -0.4 is 4.74 Å². The van der Waals surface area contributed by atoms with Gasteiger partial charge in [-0.15, -0.1) is 28.9 Å². The molecule has 24 heavy (non-hydrogen) atoms. The normalized spacial score (nSPS) is 17.6. The minimum absolute atomic E-state index is 0. The number of carbonyl (C=O) groups is 1. The molecule has 1 aliphatic heterocycles. The van der Waals surface area contributed by atoms with E-state index in [0.29, 0.717) is 22.8 Å². The maximum absolute atomic E-state index is 12.8. The van der Waals surface area contributed by atoms with Gasteiger partial charge in [-0.1, -0.05) is 13.3 Å². The van der Waals surface area contributed by atoms with Crippen LogP contribution in [0.15, 0.2) is 18.2 Å². The van der Waals surface area contributed by atoms with Gasteiger partial charge in [-0.05, 0) is 17.2 Å². The Labute approximate surface area is 170 Å². The van der Waals surface area contributed by atoms with Gasteiger partial charge >= 0.3 is 0 Å². The first-order valence-electron chi connectivity index (χ1n) is 7.06. The standard InChI is InChI=1S/C16H17ClF2NO3.Y/c1-10-3-6-14(20(16(10)21)8-15(18)19)12-5-4-11(7-13(12)17)23-9-22-2;/h4-5,7,10,15H,3,8-9H2,1-2H3;/q-1;. The number of alkyl halides is 2. The topological polar surface area (TPSA) is 38.8 Å². The number of allylic oxidation sites excluding steroid dienone is 1. The quantitative estimate of drug-likeness (QED) is 0.508. The minimum atomic E-state index is -2.64. The van der Waals surface area contributed by atoms with Crippen LogP contribution in [0.25, 0.3) is 5.70 Å². The molecule has 1 atom stereocenters. The number of rotatable bonds is 6. The van der Waals surface area contributed by atoms with Crippen molar-refractivity contribution in [1.82, 2.24) is 4.90 Å². The summed E-state index contributed by atoms with van der Waals surface area (Å²) in [6.45, 7) is 1.08. The molecular weight excluding hydrogens is 417 g/mol. The molecule has 0 fully saturated rings. The first-order chi connectivity index (χ1) is 10.9. The molecule has 0 N–H and O–H groups in total. The summed E-state index contributed by atoms with van der Waals surface area (Å²) in [5, 5.41) is 0.294. The van der Waals surface area contributed by atoms with E-state index in [1.54, 1.807) is 25.1 Å². The van der Waals surface area contributed by atoms with Crippen molar-refractivity contribution in [3.63, 3.8) is 0 Å². The van der Waals surface area contributed by atoms with Crippen molar-refractivity contribution in [2.75, 3.05) is 20.4 Å². The van der Waals surface area contributed by atoms with Gasteiger partial charge in [0.2, 0.25) is 5.91 Å². The van der Waals surface area contributed by atoms with Crippen LogP contribution in [-0.2, 0) is 42.2 Å². The van der Waals surface area contributed by atoms with Gasteiger partial charge in [0.1, 0.15) is 5.75 Å². The molecule has 0 aromatic heterocycles. The van der Waals surface area contributed by atoms with Gasteiger partial charge in [-0.3, -0.25) is 4.79 Å². The predicted octanol–water partition coefficient (Wildman–Crippen LogP) is 3.60. The van der Waals surface area contributed by atoms with Crippen molar-refractivity contribution in [2.45, 2.75) is 19.8 Å². The van der Waals surface area contributed by atoms with E-state index in [2.05, 4.69) is 6.08 Å². The molecule has 0 bridgehead atoms. The molecule has 4 nitrogen and oxygen atoms in total. The molecule has 1 radical (unpaired) electrons. The van der Waals surface area contributed by atoms with E-state index in [1.165, 1.54) is 7.11 Å². The van der Waals surface area contributed by atoms with Crippen molar-refractivity contribution in [3.05, 3.63) is 34.9 Å². The second-order valence-corrected chi connectivity index (χ2v) is 5.57. The number of nitrogens with zero attached hydrogens (tertiary/aromatic N) is 1. The number of carbonyl (C=O) groups excluding carboxylic acids is 1. The predicted molar refractivity (Wildman–Crippen MR) is 82.1 cm³/mol. The maximum Gasteiger partial charge on any atom is 0.256 e. The minimum Gasteiger partial charge on any atom is -0.468 e. The number of hydrogen-bond donors (Lipinski definition) is 0. The average molecular weight is 434 g/mol. The largest absolute Gasteiger partial charge is 0.468 e. The SMILES string of the molecule is COCOc1ccc(C2=[C-]CC(C)C(=O)N2CC(F)F)c(Cl)c1.[Y]. The molecular formula is C16H17ClF2NO3Y-. The molecule has 1 aromatic rings. The van der Waals surface area contributed by atoms with Gasteiger partial charge < -0.3 is 14.4 Å². The third-order valence-corrected chi connectivity index (χ3v) is 3.71. The third-order valence-electron chi connectivity index (χ3n) is 3.39. The van der Waals surface area contributed by atoms with Crippen molar-refractivity contribution in [3.8, 4) is 5.75 Å². The molecule has 8 heteroatoms. The Morgan fingerprint density at radius 2 is 2.17 bits per heavy atom. The molecule has 1 amide bonds. The van der Waals surface area contributed by atoms with Gasteiger partial charge in [0.05, 0.1) is 6.54 Å². The number of methoxy groups -OCH3 is 1. The molecule has 2 rings (SSSR count). The Hall–Kier alpha value is -0.556. The van der Waals surface area contributed by atoms with Gasteiger partial charge in [-0.25, -0.2) is 14.9 Å². The Kier molecular flexibility index (Phi) is 8.78. The number of hydrogen-bond acceptors (Lipinski definition) is 3. The third kappa shape index (κ3) is 5.22. The van der Waals surface area contributed by atoms with Crippen LogP contribution in [-0.4, -0.2) is 37.7 Å². The van der Waals surface area contributed by atoms with E-state index in [-0.39, 0.29) is 57.0 Å². The smallest absolute Gasteiger partial charge is 0.256 e. The Morgan fingerprint density at radius 3 is 2.75 bits per heavy atom. The zero-order valence-corrected chi connectivity index (χ0v) is 17.0. The van der Waals surface area contributed by atoms with E-state index in [0.717, 1.165) is 4.90 Å². The van der Waals surface area contributed by atoms with Gasteiger partial charge in [0, 0.05) is 45.7 Å². The summed E-state index contributed by atoms with van der Waals surface area (Å²) in [7, 11) is 1.49. The van der Waals surface area contributed by atoms with Crippen LogP contribution in [0.2, 0.25) is 5.02 Å². The molecule has 0 spiro atoms. The fourth-order valence-electron chi connectivity index (χ4n) is 2.27. The van der Waals surface area contributed by atoms with E-state index in [9.17, 15) is 13.6 Å². The van der Waals surface area contributed by atoms with Crippen LogP contribution in [0.3, 0.4) is 0 Å². The molecule has 0 saturated carbocycles. The van der Waals surface area contributed by atoms with E-state index < -0.39 is 13.0 Å². The fraction of sp³-hybridized carbons (Fsp3) is 0.438. The van der Waals surface area contributed by atoms with Gasteiger partial charge in [0.25, 0.3) is 6.43 Å². The van der Waals surface area contributed by atoms with Crippen LogP contribution in [0.4, 0.5) is 8.78 Å². The van der Waals surface area contributed by atoms with Crippen molar-refractivity contribution < 1.29 is 55.8 Å². The molecule has 1 aliphatic rings. The monoisotopic (exact) mass is 433 g/mol. The Bertz CT molecular complexity index is 613. The van der Waals surface area contributed by atoms with E-state index in [1.807, 2.05) is 0 Å². The summed E-state index contributed by atoms with van der Waals surface area (Å²) in [5.41, 5.74) is 0.758. The summed E-state index contributed by atoms with van der Waals surface area (Å²) in [6, 6.07) is 4.81. The second-order valence-electron chi connectivity index (χ2n) is 5.16. The van der Waals surface area contributed by atoms with E-state index in [4.69, 9.17) is 21.1 Å².